The average molecular weight is 143 g/mol. The van der Waals surface area contributed by atoms with Crippen molar-refractivity contribution in [1.29, 1.82) is 0 Å². The van der Waals surface area contributed by atoms with Crippen molar-refractivity contribution < 1.29 is 0 Å². The summed E-state index contributed by atoms with van der Waals surface area (Å²) < 4.78 is 0. The van der Waals surface area contributed by atoms with E-state index in [2.05, 4.69) is 26.1 Å². The van der Waals surface area contributed by atoms with Crippen LogP contribution in [0.25, 0.3) is 0 Å². The third-order valence-electron chi connectivity index (χ3n) is 1.84. The molecule has 1 nitrogen and oxygen atoms in total. The third kappa shape index (κ3) is 3.21. The minimum Gasteiger partial charge on any atom is -0.309 e. The molecule has 0 amide bonds. The Labute approximate surface area is 65.2 Å². The number of hydrogen-bond donors (Lipinski definition) is 1. The lowest BCUT2D eigenvalue weighted by molar-refractivity contribution is 0.437. The van der Waals surface area contributed by atoms with Gasteiger partial charge in [-0.1, -0.05) is 13.8 Å². The zero-order valence-corrected chi connectivity index (χ0v) is 7.99. The molecule has 0 aromatic rings. The summed E-state index contributed by atoms with van der Waals surface area (Å²) in [5, 5.41) is 3.49. The number of nitrogens with one attached hydrogen (secondary N) is 1. The van der Waals surface area contributed by atoms with Crippen molar-refractivity contribution in [2.75, 3.05) is 0 Å². The molecule has 1 saturated heterocycles. The molecule has 0 spiro atoms. The highest BCUT2D eigenvalue weighted by Crippen LogP contribution is 2.21. The van der Waals surface area contributed by atoms with Gasteiger partial charge in [-0.15, -0.1) is 0 Å². The van der Waals surface area contributed by atoms with Crippen LogP contribution in [0.15, 0.2) is 0 Å². The highest BCUT2D eigenvalue weighted by molar-refractivity contribution is 4.88. The summed E-state index contributed by atoms with van der Waals surface area (Å²) in [6.45, 7) is 10.8. The molecule has 0 saturated carbocycles. The fourth-order valence-electron chi connectivity index (χ4n) is 1.39. The molecule has 62 valence electrons. The first-order valence-corrected chi connectivity index (χ1v) is 4.38. The van der Waals surface area contributed by atoms with Crippen molar-refractivity contribution in [3.63, 3.8) is 0 Å². The lowest BCUT2D eigenvalue weighted by Crippen LogP contribution is -2.35. The van der Waals surface area contributed by atoms with E-state index in [0.29, 0.717) is 5.54 Å². The van der Waals surface area contributed by atoms with Gasteiger partial charge in [-0.25, -0.2) is 0 Å². The average Bonchev–Trinajstić information content (AvgIpc) is 2.15. The zero-order valence-electron chi connectivity index (χ0n) is 7.99. The Hall–Kier alpha value is -0.0400. The standard InChI is InChI=1S/C7H15N.C2H6/c1-6-4-5-7(2,3)8-6;1-2/h6,8H,4-5H2,1-3H3;1-2H3. The highest BCUT2D eigenvalue weighted by atomic mass is 15.0. The molecule has 1 N–H and O–H groups in total. The van der Waals surface area contributed by atoms with E-state index in [1.165, 1.54) is 12.8 Å². The molecule has 1 aliphatic rings. The van der Waals surface area contributed by atoms with E-state index >= 15 is 0 Å². The molecule has 0 aliphatic carbocycles. The summed E-state index contributed by atoms with van der Waals surface area (Å²) in [6, 6.07) is 0.741. The van der Waals surface area contributed by atoms with Gasteiger partial charge in [0.1, 0.15) is 0 Å². The van der Waals surface area contributed by atoms with Crippen LogP contribution in [0, 0.1) is 0 Å². The second kappa shape index (κ2) is 3.97. The Kier molecular flexibility index (Phi) is 3.95. The van der Waals surface area contributed by atoms with Crippen molar-refractivity contribution in [3.8, 4) is 0 Å². The van der Waals surface area contributed by atoms with E-state index in [0.717, 1.165) is 6.04 Å². The van der Waals surface area contributed by atoms with E-state index in [9.17, 15) is 0 Å². The van der Waals surface area contributed by atoms with E-state index in [1.54, 1.807) is 0 Å². The predicted octanol–water partition coefficient (Wildman–Crippen LogP) is 2.56. The summed E-state index contributed by atoms with van der Waals surface area (Å²) in [6.07, 6.45) is 2.67. The maximum absolute atomic E-state index is 3.49. The summed E-state index contributed by atoms with van der Waals surface area (Å²) >= 11 is 0. The molecule has 0 bridgehead atoms. The van der Waals surface area contributed by atoms with Gasteiger partial charge in [0.25, 0.3) is 0 Å². The van der Waals surface area contributed by atoms with E-state index in [-0.39, 0.29) is 0 Å². The van der Waals surface area contributed by atoms with Gasteiger partial charge in [0.05, 0.1) is 0 Å². The van der Waals surface area contributed by atoms with E-state index in [4.69, 9.17) is 0 Å². The molecule has 10 heavy (non-hydrogen) atoms. The SMILES string of the molecule is CC.CC1CCC(C)(C)N1. The van der Waals surface area contributed by atoms with Gasteiger partial charge in [-0.3, -0.25) is 0 Å². The Morgan fingerprint density at radius 3 is 1.90 bits per heavy atom. The second-order valence-corrected chi connectivity index (χ2v) is 3.47. The Bertz CT molecular complexity index is 86.7. The van der Waals surface area contributed by atoms with Crippen LogP contribution in [0.3, 0.4) is 0 Å². The molecule has 1 fully saturated rings. The van der Waals surface area contributed by atoms with E-state index < -0.39 is 0 Å². The Morgan fingerprint density at radius 2 is 1.80 bits per heavy atom. The van der Waals surface area contributed by atoms with Gasteiger partial charge in [0, 0.05) is 11.6 Å². The Balaban J connectivity index is 0.000000371. The molecule has 1 atom stereocenters. The van der Waals surface area contributed by atoms with Crippen LogP contribution in [0.2, 0.25) is 0 Å². The second-order valence-electron chi connectivity index (χ2n) is 3.47. The minimum atomic E-state index is 0.416. The molecule has 1 rings (SSSR count). The molecule has 0 aromatic heterocycles. The minimum absolute atomic E-state index is 0.416. The maximum Gasteiger partial charge on any atom is 0.0128 e. The summed E-state index contributed by atoms with van der Waals surface area (Å²) in [7, 11) is 0. The number of rotatable bonds is 0. The first-order valence-electron chi connectivity index (χ1n) is 4.38. The van der Waals surface area contributed by atoms with Crippen LogP contribution in [0.1, 0.15) is 47.5 Å². The molecular formula is C9H21N. The van der Waals surface area contributed by atoms with Gasteiger partial charge in [-0.05, 0) is 33.6 Å². The van der Waals surface area contributed by atoms with E-state index in [1.807, 2.05) is 13.8 Å². The molecule has 0 radical (unpaired) electrons. The van der Waals surface area contributed by atoms with Gasteiger partial charge < -0.3 is 5.32 Å². The topological polar surface area (TPSA) is 12.0 Å². The van der Waals surface area contributed by atoms with Gasteiger partial charge in [0.2, 0.25) is 0 Å². The summed E-state index contributed by atoms with van der Waals surface area (Å²) in [5.74, 6) is 0. The van der Waals surface area contributed by atoms with Crippen LogP contribution in [-0.2, 0) is 0 Å². The molecule has 1 aliphatic heterocycles. The molecule has 1 heterocycles. The molecule has 0 aromatic carbocycles. The summed E-state index contributed by atoms with van der Waals surface area (Å²) in [4.78, 5) is 0. The van der Waals surface area contributed by atoms with Gasteiger partial charge in [0.15, 0.2) is 0 Å². The smallest absolute Gasteiger partial charge is 0.0128 e. The summed E-state index contributed by atoms with van der Waals surface area (Å²) in [5.41, 5.74) is 0.416. The fraction of sp³-hybridized carbons (Fsp3) is 1.00. The molecule has 1 unspecified atom stereocenters. The normalized spacial score (nSPS) is 29.1. The maximum atomic E-state index is 3.49. The Morgan fingerprint density at radius 1 is 1.30 bits per heavy atom. The van der Waals surface area contributed by atoms with Gasteiger partial charge in [-0.2, -0.15) is 0 Å². The first kappa shape index (κ1) is 9.96. The fourth-order valence-corrected chi connectivity index (χ4v) is 1.39. The predicted molar refractivity (Wildman–Crippen MR) is 47.3 cm³/mol. The van der Waals surface area contributed by atoms with Crippen LogP contribution < -0.4 is 5.32 Å². The van der Waals surface area contributed by atoms with Crippen molar-refractivity contribution in [2.24, 2.45) is 0 Å². The first-order chi connectivity index (χ1) is 4.60. The van der Waals surface area contributed by atoms with Crippen LogP contribution in [0.4, 0.5) is 0 Å². The monoisotopic (exact) mass is 143 g/mol. The quantitative estimate of drug-likeness (QED) is 0.549. The molecular weight excluding hydrogens is 122 g/mol. The largest absolute Gasteiger partial charge is 0.309 e. The molecule has 1 heteroatoms. The van der Waals surface area contributed by atoms with Crippen molar-refractivity contribution in [2.45, 2.75) is 59.0 Å². The van der Waals surface area contributed by atoms with Crippen molar-refractivity contribution in [3.05, 3.63) is 0 Å². The van der Waals surface area contributed by atoms with Gasteiger partial charge >= 0.3 is 0 Å². The third-order valence-corrected chi connectivity index (χ3v) is 1.84. The lowest BCUT2D eigenvalue weighted by Gasteiger charge is -2.17. The van der Waals surface area contributed by atoms with Crippen molar-refractivity contribution in [1.82, 2.24) is 5.32 Å². The lowest BCUT2D eigenvalue weighted by atomic mass is 10.0. The number of hydrogen-bond acceptors (Lipinski definition) is 1. The zero-order chi connectivity index (χ0) is 8.20. The van der Waals surface area contributed by atoms with Crippen molar-refractivity contribution >= 4 is 0 Å². The van der Waals surface area contributed by atoms with Crippen LogP contribution >= 0.6 is 0 Å². The highest BCUT2D eigenvalue weighted by Gasteiger charge is 2.26. The van der Waals surface area contributed by atoms with Crippen LogP contribution in [0.5, 0.6) is 0 Å². The van der Waals surface area contributed by atoms with Crippen LogP contribution in [-0.4, -0.2) is 11.6 Å².